The van der Waals surface area contributed by atoms with Crippen molar-refractivity contribution >= 4 is 21.9 Å². The highest BCUT2D eigenvalue weighted by Crippen LogP contribution is 2.33. The van der Waals surface area contributed by atoms with Crippen LogP contribution in [0.3, 0.4) is 0 Å². The van der Waals surface area contributed by atoms with Crippen LogP contribution in [0.25, 0.3) is 11.1 Å². The molecule has 0 spiro atoms. The van der Waals surface area contributed by atoms with Crippen LogP contribution in [0.15, 0.2) is 48.5 Å². The number of benzene rings is 2. The number of halogens is 1. The molecule has 0 N–H and O–H groups in total. The van der Waals surface area contributed by atoms with E-state index in [2.05, 4.69) is 34.1 Å². The smallest absolute Gasteiger partial charge is 0.311 e. The van der Waals surface area contributed by atoms with Gasteiger partial charge in [-0.25, -0.2) is 0 Å². The molecule has 0 aliphatic carbocycles. The van der Waals surface area contributed by atoms with Gasteiger partial charge in [0.15, 0.2) is 0 Å². The number of hydrogen-bond acceptors (Lipinski definition) is 3. The number of hydrogen-bond donors (Lipinski definition) is 0. The summed E-state index contributed by atoms with van der Waals surface area (Å²) in [5.74, 6) is 0.703. The van der Waals surface area contributed by atoms with E-state index in [0.29, 0.717) is 6.61 Å². The molecule has 0 radical (unpaired) electrons. The molecule has 0 heterocycles. The van der Waals surface area contributed by atoms with Gasteiger partial charge in [0.1, 0.15) is 5.75 Å². The van der Waals surface area contributed by atoms with Crippen molar-refractivity contribution in [1.82, 2.24) is 0 Å². The van der Waals surface area contributed by atoms with Crippen LogP contribution in [0.4, 0.5) is 0 Å². The van der Waals surface area contributed by atoms with Gasteiger partial charge in [-0.05, 0) is 43.9 Å². The minimum Gasteiger partial charge on any atom is -0.493 e. The van der Waals surface area contributed by atoms with Gasteiger partial charge in [0.05, 0.1) is 19.1 Å². The van der Waals surface area contributed by atoms with E-state index in [1.54, 1.807) is 0 Å². The molecule has 0 fully saturated rings. The molecule has 0 aliphatic rings. The summed E-state index contributed by atoms with van der Waals surface area (Å²) in [6.07, 6.45) is 1.51. The maximum Gasteiger partial charge on any atom is 0.311 e. The molecular formula is C21H25BrO3. The van der Waals surface area contributed by atoms with E-state index in [-0.39, 0.29) is 5.97 Å². The second-order valence-electron chi connectivity index (χ2n) is 6.61. The number of carbonyl (C=O) groups excluding carboxylic acids is 1. The van der Waals surface area contributed by atoms with Crippen molar-refractivity contribution < 1.29 is 14.3 Å². The highest BCUT2D eigenvalue weighted by Gasteiger charge is 2.27. The zero-order valence-electron chi connectivity index (χ0n) is 15.0. The topological polar surface area (TPSA) is 35.5 Å². The maximum absolute atomic E-state index is 11.7. The molecule has 0 amide bonds. The molecule has 0 unspecified atom stereocenters. The number of rotatable bonds is 8. The molecule has 0 saturated carbocycles. The summed E-state index contributed by atoms with van der Waals surface area (Å²) >= 11 is 3.58. The predicted molar refractivity (Wildman–Crippen MR) is 105 cm³/mol. The first-order valence-electron chi connectivity index (χ1n) is 8.44. The van der Waals surface area contributed by atoms with Crippen LogP contribution >= 0.6 is 15.9 Å². The van der Waals surface area contributed by atoms with Crippen molar-refractivity contribution in [3.63, 3.8) is 0 Å². The van der Waals surface area contributed by atoms with Crippen LogP contribution in [0.1, 0.15) is 32.3 Å². The van der Waals surface area contributed by atoms with Crippen LogP contribution in [0.2, 0.25) is 0 Å². The maximum atomic E-state index is 11.7. The Morgan fingerprint density at radius 3 is 2.44 bits per heavy atom. The second kappa shape index (κ2) is 9.04. The molecule has 0 bridgehead atoms. The van der Waals surface area contributed by atoms with E-state index in [1.807, 2.05) is 44.2 Å². The Labute approximate surface area is 158 Å². The second-order valence-corrected chi connectivity index (χ2v) is 7.17. The highest BCUT2D eigenvalue weighted by atomic mass is 79.9. The Balaban J connectivity index is 2.05. The molecular weight excluding hydrogens is 380 g/mol. The zero-order valence-corrected chi connectivity index (χ0v) is 16.6. The van der Waals surface area contributed by atoms with E-state index in [9.17, 15) is 4.79 Å². The molecule has 4 heteroatoms. The third-order valence-electron chi connectivity index (χ3n) is 4.29. The quantitative estimate of drug-likeness (QED) is 0.326. The van der Waals surface area contributed by atoms with Gasteiger partial charge in [0.2, 0.25) is 0 Å². The van der Waals surface area contributed by atoms with Gasteiger partial charge < -0.3 is 9.47 Å². The minimum absolute atomic E-state index is 0.181. The molecule has 2 aromatic rings. The van der Waals surface area contributed by atoms with Gasteiger partial charge in [-0.15, -0.1) is 0 Å². The Kier molecular flexibility index (Phi) is 7.06. The monoisotopic (exact) mass is 404 g/mol. The van der Waals surface area contributed by atoms with E-state index >= 15 is 0 Å². The molecule has 0 aromatic heterocycles. The van der Waals surface area contributed by atoms with E-state index in [4.69, 9.17) is 9.47 Å². The number of alkyl halides is 1. The normalized spacial score (nSPS) is 11.2. The third kappa shape index (κ3) is 5.08. The minimum atomic E-state index is -0.484. The van der Waals surface area contributed by atoms with Crippen LogP contribution in [0.5, 0.6) is 5.75 Å². The summed E-state index contributed by atoms with van der Waals surface area (Å²) in [4.78, 5) is 11.7. The average Bonchev–Trinajstić information content (AvgIpc) is 2.64. The van der Waals surface area contributed by atoms with E-state index in [0.717, 1.165) is 29.5 Å². The summed E-state index contributed by atoms with van der Waals surface area (Å²) in [5, 5.41) is 0.723. The fourth-order valence-electron chi connectivity index (χ4n) is 2.80. The molecule has 25 heavy (non-hydrogen) atoms. The van der Waals surface area contributed by atoms with Crippen molar-refractivity contribution in [1.29, 1.82) is 0 Å². The molecule has 0 atom stereocenters. The third-order valence-corrected chi connectivity index (χ3v) is 4.85. The Morgan fingerprint density at radius 2 is 1.80 bits per heavy atom. The van der Waals surface area contributed by atoms with E-state index < -0.39 is 5.41 Å². The first kappa shape index (κ1) is 19.5. The molecule has 0 aliphatic heterocycles. The number of carbonyl (C=O) groups is 1. The lowest BCUT2D eigenvalue weighted by Crippen LogP contribution is -2.26. The van der Waals surface area contributed by atoms with E-state index in [1.165, 1.54) is 18.2 Å². The average molecular weight is 405 g/mol. The van der Waals surface area contributed by atoms with Gasteiger partial charge >= 0.3 is 5.97 Å². The van der Waals surface area contributed by atoms with Crippen LogP contribution in [0, 0.1) is 5.41 Å². The Hall–Kier alpha value is -1.81. The van der Waals surface area contributed by atoms with Crippen molar-refractivity contribution in [2.45, 2.75) is 32.0 Å². The molecule has 0 saturated heterocycles. The molecule has 2 aromatic carbocycles. The lowest BCUT2D eigenvalue weighted by atomic mass is 9.88. The van der Waals surface area contributed by atoms with Crippen LogP contribution in [-0.2, 0) is 14.9 Å². The van der Waals surface area contributed by atoms with Gasteiger partial charge in [-0.3, -0.25) is 4.79 Å². The largest absolute Gasteiger partial charge is 0.493 e. The first-order valence-corrected chi connectivity index (χ1v) is 9.56. The Morgan fingerprint density at radius 1 is 1.08 bits per heavy atom. The summed E-state index contributed by atoms with van der Waals surface area (Å²) in [7, 11) is 1.43. The number of ether oxygens (including phenoxy) is 2. The number of methoxy groups -OCH3 is 1. The SMILES string of the molecule is COC(=O)C(C)(C)CCCOc1cccc(-c2ccccc2)c1CBr. The fraction of sp³-hybridized carbons (Fsp3) is 0.381. The summed E-state index contributed by atoms with van der Waals surface area (Å²) < 4.78 is 10.9. The summed E-state index contributed by atoms with van der Waals surface area (Å²) in [6, 6.07) is 16.4. The number of esters is 1. The van der Waals surface area contributed by atoms with Crippen molar-refractivity contribution in [2.24, 2.45) is 5.41 Å². The Bertz CT molecular complexity index is 696. The molecule has 134 valence electrons. The van der Waals surface area contributed by atoms with Gasteiger partial charge in [0, 0.05) is 10.9 Å². The van der Waals surface area contributed by atoms with Crippen molar-refractivity contribution in [3.05, 3.63) is 54.1 Å². The standard InChI is InChI=1S/C21H25BrO3/c1-21(2,20(23)24-3)13-8-14-25-19-12-7-11-17(18(19)15-22)16-9-5-4-6-10-16/h4-7,9-12H,8,13-15H2,1-3H3. The lowest BCUT2D eigenvalue weighted by molar-refractivity contribution is -0.151. The van der Waals surface area contributed by atoms with Crippen molar-refractivity contribution in [2.75, 3.05) is 13.7 Å². The first-order chi connectivity index (χ1) is 12.0. The molecule has 3 nitrogen and oxygen atoms in total. The van der Waals surface area contributed by atoms with Crippen molar-refractivity contribution in [3.8, 4) is 16.9 Å². The van der Waals surface area contributed by atoms with Gasteiger partial charge in [-0.2, -0.15) is 0 Å². The molecule has 2 rings (SSSR count). The summed E-state index contributed by atoms with van der Waals surface area (Å²) in [6.45, 7) is 4.37. The lowest BCUT2D eigenvalue weighted by Gasteiger charge is -2.21. The highest BCUT2D eigenvalue weighted by molar-refractivity contribution is 9.08. The van der Waals surface area contributed by atoms with Gasteiger partial charge in [0.25, 0.3) is 0 Å². The predicted octanol–water partition coefficient (Wildman–Crippen LogP) is 5.61. The van der Waals surface area contributed by atoms with Gasteiger partial charge in [-0.1, -0.05) is 58.4 Å². The summed E-state index contributed by atoms with van der Waals surface area (Å²) in [5.41, 5.74) is 3.00. The van der Waals surface area contributed by atoms with Crippen LogP contribution < -0.4 is 4.74 Å². The van der Waals surface area contributed by atoms with Crippen LogP contribution in [-0.4, -0.2) is 19.7 Å². The zero-order chi connectivity index (χ0) is 18.3. The fourth-order valence-corrected chi connectivity index (χ4v) is 3.38.